The van der Waals surface area contributed by atoms with Crippen LogP contribution in [0.2, 0.25) is 5.15 Å². The van der Waals surface area contributed by atoms with Crippen molar-refractivity contribution < 1.29 is 0 Å². The molecule has 0 radical (unpaired) electrons. The van der Waals surface area contributed by atoms with E-state index in [4.69, 9.17) is 11.6 Å². The summed E-state index contributed by atoms with van der Waals surface area (Å²) in [5, 5.41) is 2.81. The molecule has 0 unspecified atom stereocenters. The number of hydrogen-bond acceptors (Lipinski definition) is 3. The first kappa shape index (κ1) is 13.3. The van der Waals surface area contributed by atoms with Crippen molar-refractivity contribution in [2.75, 3.05) is 20.1 Å². The third-order valence-corrected chi connectivity index (χ3v) is 4.41. The molecule has 1 N–H and O–H groups in total. The molecule has 2 rings (SSSR count). The molecule has 1 fully saturated rings. The summed E-state index contributed by atoms with van der Waals surface area (Å²) >= 11 is 9.37. The van der Waals surface area contributed by atoms with Crippen LogP contribution in [-0.4, -0.2) is 30.1 Å². The fourth-order valence-corrected chi connectivity index (χ4v) is 2.75. The Morgan fingerprint density at radius 3 is 3.06 bits per heavy atom. The molecule has 1 aliphatic heterocycles. The Bertz CT molecular complexity index is 386. The maximum atomic E-state index is 5.93. The van der Waals surface area contributed by atoms with Gasteiger partial charge in [-0.05, 0) is 53.4 Å². The number of rotatable bonds is 2. The van der Waals surface area contributed by atoms with Crippen LogP contribution in [0.5, 0.6) is 0 Å². The first-order valence-corrected chi connectivity index (χ1v) is 7.11. The molecular formula is C12H17BrClN3. The summed E-state index contributed by atoms with van der Waals surface area (Å²) in [6.07, 6.45) is 5.63. The second-order valence-corrected chi connectivity index (χ2v) is 5.62. The molecule has 2 heterocycles. The molecule has 0 aromatic carbocycles. The summed E-state index contributed by atoms with van der Waals surface area (Å²) in [5.41, 5.74) is 4.51. The van der Waals surface area contributed by atoms with Gasteiger partial charge in [-0.2, -0.15) is 0 Å². The zero-order valence-electron chi connectivity index (χ0n) is 9.92. The largest absolute Gasteiger partial charge is 0.258 e. The highest BCUT2D eigenvalue weighted by Gasteiger charge is 2.19. The Balaban J connectivity index is 2.16. The molecule has 1 saturated heterocycles. The number of halogens is 2. The van der Waals surface area contributed by atoms with Gasteiger partial charge >= 0.3 is 0 Å². The number of hydrogen-bond donors (Lipinski definition) is 1. The lowest BCUT2D eigenvalue weighted by molar-refractivity contribution is 0.207. The van der Waals surface area contributed by atoms with E-state index < -0.39 is 0 Å². The van der Waals surface area contributed by atoms with Crippen LogP contribution in [0.15, 0.2) is 16.7 Å². The van der Waals surface area contributed by atoms with Crippen molar-refractivity contribution in [2.45, 2.75) is 25.2 Å². The SMILES string of the molecule is CNN1CCCC[C@H](c2cnc(Cl)c(Br)c2)C1. The van der Waals surface area contributed by atoms with Crippen LogP contribution in [-0.2, 0) is 0 Å². The maximum absolute atomic E-state index is 5.93. The molecule has 1 aromatic heterocycles. The van der Waals surface area contributed by atoms with Crippen LogP contribution < -0.4 is 5.43 Å². The zero-order valence-corrected chi connectivity index (χ0v) is 12.3. The molecule has 0 saturated carbocycles. The van der Waals surface area contributed by atoms with Crippen LogP contribution in [0.1, 0.15) is 30.7 Å². The van der Waals surface area contributed by atoms with Gasteiger partial charge < -0.3 is 0 Å². The number of pyridine rings is 1. The highest BCUT2D eigenvalue weighted by molar-refractivity contribution is 9.10. The van der Waals surface area contributed by atoms with Crippen molar-refractivity contribution in [1.82, 2.24) is 15.4 Å². The van der Waals surface area contributed by atoms with Crippen LogP contribution >= 0.6 is 27.5 Å². The Morgan fingerprint density at radius 2 is 2.35 bits per heavy atom. The van der Waals surface area contributed by atoms with Gasteiger partial charge in [0.25, 0.3) is 0 Å². The Kier molecular flexibility index (Phi) is 4.79. The van der Waals surface area contributed by atoms with Crippen molar-refractivity contribution in [3.05, 3.63) is 27.5 Å². The second kappa shape index (κ2) is 6.14. The summed E-state index contributed by atoms with van der Waals surface area (Å²) in [6, 6.07) is 2.10. The first-order valence-electron chi connectivity index (χ1n) is 5.94. The summed E-state index contributed by atoms with van der Waals surface area (Å²) in [4.78, 5) is 4.21. The van der Waals surface area contributed by atoms with Gasteiger partial charge in [0.2, 0.25) is 0 Å². The van der Waals surface area contributed by atoms with Crippen molar-refractivity contribution >= 4 is 27.5 Å². The minimum absolute atomic E-state index is 0.533. The van der Waals surface area contributed by atoms with E-state index in [0.29, 0.717) is 11.1 Å². The number of hydrazine groups is 1. The molecule has 1 atom stereocenters. The van der Waals surface area contributed by atoms with E-state index >= 15 is 0 Å². The molecule has 17 heavy (non-hydrogen) atoms. The lowest BCUT2D eigenvalue weighted by Crippen LogP contribution is -2.37. The second-order valence-electron chi connectivity index (χ2n) is 4.40. The van der Waals surface area contributed by atoms with Crippen LogP contribution in [0.3, 0.4) is 0 Å². The van der Waals surface area contributed by atoms with Crippen molar-refractivity contribution in [1.29, 1.82) is 0 Å². The fraction of sp³-hybridized carbons (Fsp3) is 0.583. The smallest absolute Gasteiger partial charge is 0.143 e. The average molecular weight is 319 g/mol. The van der Waals surface area contributed by atoms with E-state index in [1.54, 1.807) is 0 Å². The minimum atomic E-state index is 0.533. The summed E-state index contributed by atoms with van der Waals surface area (Å²) < 4.78 is 0.886. The molecule has 0 spiro atoms. The van der Waals surface area contributed by atoms with E-state index in [-0.39, 0.29) is 0 Å². The van der Waals surface area contributed by atoms with E-state index in [2.05, 4.69) is 37.4 Å². The molecule has 0 amide bonds. The van der Waals surface area contributed by atoms with E-state index in [0.717, 1.165) is 17.6 Å². The quantitative estimate of drug-likeness (QED) is 0.849. The first-order chi connectivity index (χ1) is 8.20. The van der Waals surface area contributed by atoms with E-state index in [1.165, 1.54) is 24.8 Å². The molecule has 1 aliphatic rings. The lowest BCUT2D eigenvalue weighted by atomic mass is 9.96. The van der Waals surface area contributed by atoms with Crippen LogP contribution in [0.4, 0.5) is 0 Å². The van der Waals surface area contributed by atoms with E-state index in [1.807, 2.05) is 13.2 Å². The van der Waals surface area contributed by atoms with Crippen molar-refractivity contribution in [2.24, 2.45) is 0 Å². The molecule has 5 heteroatoms. The van der Waals surface area contributed by atoms with Gasteiger partial charge in [0.15, 0.2) is 0 Å². The van der Waals surface area contributed by atoms with Crippen molar-refractivity contribution in [3.8, 4) is 0 Å². The zero-order chi connectivity index (χ0) is 12.3. The molecule has 0 bridgehead atoms. The fourth-order valence-electron chi connectivity index (χ4n) is 2.28. The number of nitrogens with one attached hydrogen (secondary N) is 1. The predicted molar refractivity (Wildman–Crippen MR) is 74.2 cm³/mol. The third-order valence-electron chi connectivity index (χ3n) is 3.28. The van der Waals surface area contributed by atoms with Crippen LogP contribution in [0, 0.1) is 0 Å². The molecule has 0 aliphatic carbocycles. The van der Waals surface area contributed by atoms with Gasteiger partial charge in [0.1, 0.15) is 5.15 Å². The highest BCUT2D eigenvalue weighted by atomic mass is 79.9. The highest BCUT2D eigenvalue weighted by Crippen LogP contribution is 2.29. The Morgan fingerprint density at radius 1 is 1.53 bits per heavy atom. The summed E-state index contributed by atoms with van der Waals surface area (Å²) in [6.45, 7) is 2.15. The van der Waals surface area contributed by atoms with Gasteiger partial charge in [-0.25, -0.2) is 9.99 Å². The maximum Gasteiger partial charge on any atom is 0.143 e. The average Bonchev–Trinajstić information content (AvgIpc) is 2.58. The summed E-state index contributed by atoms with van der Waals surface area (Å²) in [5.74, 6) is 0.533. The monoisotopic (exact) mass is 317 g/mol. The van der Waals surface area contributed by atoms with Gasteiger partial charge in [0, 0.05) is 19.3 Å². The normalized spacial score (nSPS) is 22.4. The Labute approximate surface area is 116 Å². The third kappa shape index (κ3) is 3.41. The van der Waals surface area contributed by atoms with E-state index in [9.17, 15) is 0 Å². The number of aromatic nitrogens is 1. The molecule has 94 valence electrons. The number of nitrogens with zero attached hydrogens (tertiary/aromatic N) is 2. The molecule has 1 aromatic rings. The van der Waals surface area contributed by atoms with Gasteiger partial charge in [-0.1, -0.05) is 18.0 Å². The summed E-state index contributed by atoms with van der Waals surface area (Å²) in [7, 11) is 1.98. The van der Waals surface area contributed by atoms with Crippen molar-refractivity contribution in [3.63, 3.8) is 0 Å². The molecule has 3 nitrogen and oxygen atoms in total. The lowest BCUT2D eigenvalue weighted by Gasteiger charge is -2.23. The van der Waals surface area contributed by atoms with Crippen LogP contribution in [0.25, 0.3) is 0 Å². The molecular weight excluding hydrogens is 302 g/mol. The van der Waals surface area contributed by atoms with Gasteiger partial charge in [-0.15, -0.1) is 0 Å². The minimum Gasteiger partial charge on any atom is -0.258 e. The van der Waals surface area contributed by atoms with Gasteiger partial charge in [-0.3, -0.25) is 5.43 Å². The topological polar surface area (TPSA) is 28.2 Å². The Hall–Kier alpha value is -0.160. The van der Waals surface area contributed by atoms with Gasteiger partial charge in [0.05, 0.1) is 4.47 Å². The predicted octanol–water partition coefficient (Wildman–Crippen LogP) is 3.20. The standard InChI is InChI=1S/C12H17BrClN3/c1-15-17-5-3-2-4-9(8-17)10-6-11(13)12(14)16-7-10/h6-7,9,15H,2-5,8H2,1H3/t9-/m0/s1.